The minimum absolute atomic E-state index is 0. The molecule has 1 atom stereocenters. The van der Waals surface area contributed by atoms with Crippen LogP contribution in [-0.4, -0.2) is 29.9 Å². The van der Waals surface area contributed by atoms with Crippen LogP contribution in [-0.2, 0) is 24.1 Å². The van der Waals surface area contributed by atoms with Crippen LogP contribution in [0, 0.1) is 5.41 Å². The van der Waals surface area contributed by atoms with Gasteiger partial charge in [0.2, 0.25) is 5.91 Å². The first-order valence-corrected chi connectivity index (χ1v) is 8.10. The summed E-state index contributed by atoms with van der Waals surface area (Å²) in [6, 6.07) is 6.77. The number of benzene rings is 1. The fraction of sp³-hybridized carbons (Fsp3) is 0.611. The Morgan fingerprint density at radius 1 is 1.32 bits per heavy atom. The summed E-state index contributed by atoms with van der Waals surface area (Å²) in [6.45, 7) is 5.89. The van der Waals surface area contributed by atoms with Crippen molar-refractivity contribution in [3.63, 3.8) is 0 Å². The van der Waals surface area contributed by atoms with E-state index in [1.54, 1.807) is 0 Å². The molecule has 122 valence electrons. The molecule has 1 aliphatic heterocycles. The molecule has 2 N–H and O–H groups in total. The van der Waals surface area contributed by atoms with E-state index in [0.717, 1.165) is 25.1 Å². The van der Waals surface area contributed by atoms with Gasteiger partial charge in [0.15, 0.2) is 0 Å². The zero-order chi connectivity index (χ0) is 15.0. The van der Waals surface area contributed by atoms with E-state index in [4.69, 9.17) is 5.73 Å². The Balaban J connectivity index is 0.00000176. The molecule has 0 spiro atoms. The van der Waals surface area contributed by atoms with Gasteiger partial charge in [0, 0.05) is 19.1 Å². The first-order chi connectivity index (χ1) is 9.95. The number of nitrogens with two attached hydrogens (primary N) is 1. The Labute approximate surface area is 139 Å². The summed E-state index contributed by atoms with van der Waals surface area (Å²) in [6.07, 6.45) is 5.05. The number of hydrogen-bond donors (Lipinski definition) is 1. The van der Waals surface area contributed by atoms with Crippen molar-refractivity contribution in [1.82, 2.24) is 4.90 Å². The monoisotopic (exact) mass is 322 g/mol. The van der Waals surface area contributed by atoms with E-state index < -0.39 is 0 Å². The SMILES string of the molecule is CC1(C)CN(C(=O)Cc2ccc3c(c2)CCC3)CCC1N.Cl. The van der Waals surface area contributed by atoms with Gasteiger partial charge in [0.25, 0.3) is 0 Å². The van der Waals surface area contributed by atoms with E-state index in [1.807, 2.05) is 4.90 Å². The Bertz CT molecular complexity index is 556. The summed E-state index contributed by atoms with van der Waals surface area (Å²) in [7, 11) is 0. The third-order valence-electron chi connectivity index (χ3n) is 5.18. The number of aryl methyl sites for hydroxylation is 2. The lowest BCUT2D eigenvalue weighted by Gasteiger charge is -2.42. The number of carbonyl (C=O) groups excluding carboxylic acids is 1. The van der Waals surface area contributed by atoms with E-state index in [2.05, 4.69) is 32.0 Å². The van der Waals surface area contributed by atoms with Gasteiger partial charge in [-0.05, 0) is 47.8 Å². The highest BCUT2D eigenvalue weighted by molar-refractivity contribution is 5.85. The van der Waals surface area contributed by atoms with Crippen molar-refractivity contribution < 1.29 is 4.79 Å². The molecule has 22 heavy (non-hydrogen) atoms. The molecular weight excluding hydrogens is 296 g/mol. The van der Waals surface area contributed by atoms with Crippen molar-refractivity contribution >= 4 is 18.3 Å². The van der Waals surface area contributed by atoms with Gasteiger partial charge in [-0.3, -0.25) is 4.79 Å². The van der Waals surface area contributed by atoms with Crippen LogP contribution in [0.4, 0.5) is 0 Å². The number of likely N-dealkylation sites (tertiary alicyclic amines) is 1. The maximum absolute atomic E-state index is 12.5. The Morgan fingerprint density at radius 3 is 2.77 bits per heavy atom. The molecular formula is C18H27ClN2O. The third kappa shape index (κ3) is 3.47. The van der Waals surface area contributed by atoms with Gasteiger partial charge in [-0.2, -0.15) is 0 Å². The molecule has 4 heteroatoms. The molecule has 0 radical (unpaired) electrons. The largest absolute Gasteiger partial charge is 0.342 e. The number of halogens is 1. The smallest absolute Gasteiger partial charge is 0.227 e. The Kier molecular flexibility index (Phi) is 5.18. The molecule has 3 rings (SSSR count). The topological polar surface area (TPSA) is 46.3 Å². The minimum Gasteiger partial charge on any atom is -0.342 e. The molecule has 2 aliphatic rings. The maximum atomic E-state index is 12.5. The molecule has 3 nitrogen and oxygen atoms in total. The molecule has 1 fully saturated rings. The molecule has 1 aromatic carbocycles. The molecule has 1 saturated heterocycles. The second kappa shape index (κ2) is 6.59. The van der Waals surface area contributed by atoms with E-state index in [9.17, 15) is 4.79 Å². The lowest BCUT2D eigenvalue weighted by Crippen LogP contribution is -2.54. The average Bonchev–Trinajstić information content (AvgIpc) is 2.89. The van der Waals surface area contributed by atoms with Crippen molar-refractivity contribution in [3.8, 4) is 0 Å². The summed E-state index contributed by atoms with van der Waals surface area (Å²) in [5.74, 6) is 0.243. The molecule has 0 aromatic heterocycles. The summed E-state index contributed by atoms with van der Waals surface area (Å²) < 4.78 is 0. The standard InChI is InChI=1S/C18H26N2O.ClH/c1-18(2)12-20(9-8-16(18)19)17(21)11-13-6-7-14-4-3-5-15(14)10-13;/h6-7,10,16H,3-5,8-9,11-12,19H2,1-2H3;1H. The van der Waals surface area contributed by atoms with Crippen LogP contribution in [0.25, 0.3) is 0 Å². The zero-order valence-electron chi connectivity index (χ0n) is 13.6. The van der Waals surface area contributed by atoms with Gasteiger partial charge in [-0.1, -0.05) is 32.0 Å². The fourth-order valence-electron chi connectivity index (χ4n) is 3.61. The van der Waals surface area contributed by atoms with Gasteiger partial charge >= 0.3 is 0 Å². The van der Waals surface area contributed by atoms with Crippen molar-refractivity contribution in [3.05, 3.63) is 34.9 Å². The van der Waals surface area contributed by atoms with Crippen LogP contribution >= 0.6 is 12.4 Å². The lowest BCUT2D eigenvalue weighted by molar-refractivity contribution is -0.133. The number of fused-ring (bicyclic) bond motifs is 1. The highest BCUT2D eigenvalue weighted by Gasteiger charge is 2.35. The molecule has 1 amide bonds. The zero-order valence-corrected chi connectivity index (χ0v) is 14.4. The highest BCUT2D eigenvalue weighted by Crippen LogP contribution is 2.28. The predicted octanol–water partition coefficient (Wildman–Crippen LogP) is 2.73. The number of rotatable bonds is 2. The predicted molar refractivity (Wildman–Crippen MR) is 92.4 cm³/mol. The molecule has 1 heterocycles. The van der Waals surface area contributed by atoms with Gasteiger partial charge in [-0.25, -0.2) is 0 Å². The van der Waals surface area contributed by atoms with E-state index in [-0.39, 0.29) is 29.8 Å². The molecule has 1 aliphatic carbocycles. The summed E-state index contributed by atoms with van der Waals surface area (Å²) in [5, 5.41) is 0. The van der Waals surface area contributed by atoms with Crippen LogP contribution in [0.5, 0.6) is 0 Å². The van der Waals surface area contributed by atoms with Gasteiger partial charge < -0.3 is 10.6 Å². The van der Waals surface area contributed by atoms with Gasteiger partial charge in [0.1, 0.15) is 0 Å². The van der Waals surface area contributed by atoms with Gasteiger partial charge in [0.05, 0.1) is 6.42 Å². The quantitative estimate of drug-likeness (QED) is 0.910. The maximum Gasteiger partial charge on any atom is 0.227 e. The van der Waals surface area contributed by atoms with E-state index in [1.165, 1.54) is 30.4 Å². The average molecular weight is 323 g/mol. The van der Waals surface area contributed by atoms with Crippen molar-refractivity contribution in [1.29, 1.82) is 0 Å². The number of piperidine rings is 1. The summed E-state index contributed by atoms with van der Waals surface area (Å²) in [4.78, 5) is 14.5. The van der Waals surface area contributed by atoms with Crippen LogP contribution in [0.3, 0.4) is 0 Å². The molecule has 1 aromatic rings. The minimum atomic E-state index is 0. The molecule has 0 saturated carbocycles. The van der Waals surface area contributed by atoms with Gasteiger partial charge in [-0.15, -0.1) is 12.4 Å². The highest BCUT2D eigenvalue weighted by atomic mass is 35.5. The number of carbonyl (C=O) groups is 1. The first-order valence-electron chi connectivity index (χ1n) is 8.10. The number of nitrogens with zero attached hydrogens (tertiary/aromatic N) is 1. The third-order valence-corrected chi connectivity index (χ3v) is 5.18. The number of hydrogen-bond acceptors (Lipinski definition) is 2. The van der Waals surface area contributed by atoms with Crippen molar-refractivity contribution in [2.24, 2.45) is 11.1 Å². The van der Waals surface area contributed by atoms with Crippen molar-refractivity contribution in [2.75, 3.05) is 13.1 Å². The summed E-state index contributed by atoms with van der Waals surface area (Å²) in [5.41, 5.74) is 10.2. The van der Waals surface area contributed by atoms with Crippen molar-refractivity contribution in [2.45, 2.75) is 52.0 Å². The Hall–Kier alpha value is -1.06. The van der Waals surface area contributed by atoms with E-state index >= 15 is 0 Å². The van der Waals surface area contributed by atoms with E-state index in [0.29, 0.717) is 6.42 Å². The second-order valence-corrected chi connectivity index (χ2v) is 7.33. The molecule has 1 unspecified atom stereocenters. The normalized spacial score (nSPS) is 22.9. The Morgan fingerprint density at radius 2 is 2.05 bits per heavy atom. The second-order valence-electron chi connectivity index (χ2n) is 7.33. The van der Waals surface area contributed by atoms with Crippen LogP contribution in [0.15, 0.2) is 18.2 Å². The van der Waals surface area contributed by atoms with Crippen LogP contribution in [0.2, 0.25) is 0 Å². The van der Waals surface area contributed by atoms with Crippen LogP contribution < -0.4 is 5.73 Å². The fourth-order valence-corrected chi connectivity index (χ4v) is 3.61. The summed E-state index contributed by atoms with van der Waals surface area (Å²) >= 11 is 0. The van der Waals surface area contributed by atoms with Crippen LogP contribution in [0.1, 0.15) is 43.4 Å². The first kappa shape index (κ1) is 17.3. The molecule has 0 bridgehead atoms. The lowest BCUT2D eigenvalue weighted by atomic mass is 9.79. The number of amides is 1.